The van der Waals surface area contributed by atoms with Gasteiger partial charge in [0.2, 0.25) is 0 Å². The predicted octanol–water partition coefficient (Wildman–Crippen LogP) is 4.37. The summed E-state index contributed by atoms with van der Waals surface area (Å²) in [4.78, 5) is 0. The van der Waals surface area contributed by atoms with Gasteiger partial charge in [-0.05, 0) is 43.0 Å². The maximum absolute atomic E-state index is 5.44. The first-order valence-electron chi connectivity index (χ1n) is 5.52. The molecular formula is C16H18. The first kappa shape index (κ1) is 12.3. The van der Waals surface area contributed by atoms with E-state index in [0.29, 0.717) is 6.42 Å². The highest BCUT2D eigenvalue weighted by Gasteiger charge is 2.05. The van der Waals surface area contributed by atoms with Crippen LogP contribution in [0.25, 0.3) is 5.57 Å². The van der Waals surface area contributed by atoms with Gasteiger partial charge in [-0.15, -0.1) is 12.3 Å². The lowest BCUT2D eigenvalue weighted by Gasteiger charge is -2.10. The molecule has 0 aromatic heterocycles. The maximum Gasteiger partial charge on any atom is 0.0346 e. The minimum atomic E-state index is 0.682. The highest BCUT2D eigenvalue weighted by molar-refractivity contribution is 5.74. The second-order valence-electron chi connectivity index (χ2n) is 3.86. The molecule has 0 atom stereocenters. The van der Waals surface area contributed by atoms with Crippen LogP contribution in [0.2, 0.25) is 0 Å². The average molecular weight is 210 g/mol. The molecule has 0 aliphatic rings. The Morgan fingerprint density at radius 2 is 2.06 bits per heavy atom. The van der Waals surface area contributed by atoms with Gasteiger partial charge in [-0.25, -0.2) is 0 Å². The number of hydrogen-bond acceptors (Lipinski definition) is 0. The third kappa shape index (κ3) is 2.87. The molecule has 0 amide bonds. The minimum Gasteiger partial charge on any atom is -0.120 e. The molecule has 0 aliphatic carbocycles. The van der Waals surface area contributed by atoms with E-state index in [1.54, 1.807) is 0 Å². The fourth-order valence-corrected chi connectivity index (χ4v) is 1.81. The fraction of sp³-hybridized carbons (Fsp3) is 0.250. The van der Waals surface area contributed by atoms with Crippen molar-refractivity contribution in [3.8, 4) is 12.3 Å². The van der Waals surface area contributed by atoms with Gasteiger partial charge in [0, 0.05) is 6.42 Å². The van der Waals surface area contributed by atoms with E-state index in [-0.39, 0.29) is 0 Å². The van der Waals surface area contributed by atoms with Crippen molar-refractivity contribution in [3.05, 3.63) is 53.1 Å². The van der Waals surface area contributed by atoms with Crippen LogP contribution in [0.4, 0.5) is 0 Å². The molecule has 0 aliphatic heterocycles. The quantitative estimate of drug-likeness (QED) is 0.513. The Bertz CT molecular complexity index is 453. The van der Waals surface area contributed by atoms with Crippen LogP contribution in [0, 0.1) is 19.3 Å². The number of aryl methyl sites for hydroxylation is 1. The molecule has 0 spiro atoms. The molecule has 1 aromatic carbocycles. The lowest BCUT2D eigenvalue weighted by atomic mass is 9.94. The summed E-state index contributed by atoms with van der Waals surface area (Å²) < 4.78 is 0. The summed E-state index contributed by atoms with van der Waals surface area (Å²) in [7, 11) is 0. The van der Waals surface area contributed by atoms with Crippen LogP contribution in [-0.4, -0.2) is 0 Å². The summed E-state index contributed by atoms with van der Waals surface area (Å²) in [6, 6.07) is 8.36. The van der Waals surface area contributed by atoms with E-state index >= 15 is 0 Å². The first-order valence-corrected chi connectivity index (χ1v) is 5.52. The Hall–Kier alpha value is -1.74. The highest BCUT2D eigenvalue weighted by atomic mass is 14.1. The summed E-state index contributed by atoms with van der Waals surface area (Å²) in [5.41, 5.74) is 5.03. The molecule has 0 heterocycles. The second-order valence-corrected chi connectivity index (χ2v) is 3.86. The average Bonchev–Trinajstić information content (AvgIpc) is 2.27. The van der Waals surface area contributed by atoms with E-state index in [1.165, 1.54) is 22.3 Å². The SMILES string of the molecule is C#CC/C(=C(C)\C=C/C)c1ccccc1C. The summed E-state index contributed by atoms with van der Waals surface area (Å²) in [6.07, 6.45) is 10.3. The Balaban J connectivity index is 3.29. The summed E-state index contributed by atoms with van der Waals surface area (Å²) in [6.45, 7) is 6.25. The van der Waals surface area contributed by atoms with E-state index in [0.717, 1.165) is 0 Å². The van der Waals surface area contributed by atoms with E-state index in [2.05, 4.69) is 50.1 Å². The van der Waals surface area contributed by atoms with E-state index in [4.69, 9.17) is 6.42 Å². The Kier molecular flexibility index (Phi) is 4.61. The standard InChI is InChI=1S/C16H18/c1-5-9-13(3)15(10-6-2)16-12-8-7-11-14(16)4/h2,5,7-9,11-12H,10H2,1,3-4H3/b9-5-,15-13+. The van der Waals surface area contributed by atoms with Crippen molar-refractivity contribution >= 4 is 5.57 Å². The van der Waals surface area contributed by atoms with Crippen LogP contribution in [0.5, 0.6) is 0 Å². The van der Waals surface area contributed by atoms with Gasteiger partial charge >= 0.3 is 0 Å². The fourth-order valence-electron chi connectivity index (χ4n) is 1.81. The first-order chi connectivity index (χ1) is 7.70. The van der Waals surface area contributed by atoms with Gasteiger partial charge in [0.1, 0.15) is 0 Å². The van der Waals surface area contributed by atoms with Crippen molar-refractivity contribution in [3.63, 3.8) is 0 Å². The molecule has 82 valence electrons. The third-order valence-electron chi connectivity index (χ3n) is 2.64. The van der Waals surface area contributed by atoms with E-state index < -0.39 is 0 Å². The van der Waals surface area contributed by atoms with Crippen LogP contribution in [0.1, 0.15) is 31.4 Å². The molecule has 16 heavy (non-hydrogen) atoms. The molecule has 0 nitrogen and oxygen atoms in total. The summed E-state index contributed by atoms with van der Waals surface area (Å²) >= 11 is 0. The maximum atomic E-state index is 5.44. The normalized spacial score (nSPS) is 12.4. The zero-order valence-corrected chi connectivity index (χ0v) is 10.2. The molecule has 0 saturated carbocycles. The van der Waals surface area contributed by atoms with Gasteiger partial charge in [0.05, 0.1) is 0 Å². The number of hydrogen-bond donors (Lipinski definition) is 0. The Morgan fingerprint density at radius 3 is 2.62 bits per heavy atom. The Labute approximate surface area is 98.7 Å². The molecule has 0 saturated heterocycles. The summed E-state index contributed by atoms with van der Waals surface area (Å²) in [5, 5.41) is 0. The number of benzene rings is 1. The molecule has 1 rings (SSSR count). The highest BCUT2D eigenvalue weighted by Crippen LogP contribution is 2.25. The number of allylic oxidation sites excluding steroid dienone is 4. The van der Waals surface area contributed by atoms with Gasteiger partial charge in [-0.2, -0.15) is 0 Å². The lowest BCUT2D eigenvalue weighted by Crippen LogP contribution is -1.91. The molecule has 0 bridgehead atoms. The predicted molar refractivity (Wildman–Crippen MR) is 72.0 cm³/mol. The monoisotopic (exact) mass is 210 g/mol. The molecular weight excluding hydrogens is 192 g/mol. The van der Waals surface area contributed by atoms with Crippen molar-refractivity contribution in [2.24, 2.45) is 0 Å². The van der Waals surface area contributed by atoms with Gasteiger partial charge in [-0.1, -0.05) is 36.4 Å². The molecule has 0 N–H and O–H groups in total. The number of rotatable bonds is 3. The van der Waals surface area contributed by atoms with E-state index in [9.17, 15) is 0 Å². The summed E-state index contributed by atoms with van der Waals surface area (Å²) in [5.74, 6) is 2.74. The van der Waals surface area contributed by atoms with Crippen molar-refractivity contribution in [2.75, 3.05) is 0 Å². The zero-order valence-electron chi connectivity index (χ0n) is 10.2. The molecule has 0 heteroatoms. The van der Waals surface area contributed by atoms with Crippen LogP contribution >= 0.6 is 0 Å². The largest absolute Gasteiger partial charge is 0.120 e. The van der Waals surface area contributed by atoms with Gasteiger partial charge in [0.25, 0.3) is 0 Å². The van der Waals surface area contributed by atoms with Crippen molar-refractivity contribution in [2.45, 2.75) is 27.2 Å². The minimum absolute atomic E-state index is 0.682. The molecule has 0 radical (unpaired) electrons. The Morgan fingerprint density at radius 1 is 1.38 bits per heavy atom. The second kappa shape index (κ2) is 5.98. The van der Waals surface area contributed by atoms with Gasteiger partial charge in [0.15, 0.2) is 0 Å². The topological polar surface area (TPSA) is 0 Å². The van der Waals surface area contributed by atoms with E-state index in [1.807, 2.05) is 13.0 Å². The van der Waals surface area contributed by atoms with Crippen LogP contribution in [-0.2, 0) is 0 Å². The molecule has 0 unspecified atom stereocenters. The van der Waals surface area contributed by atoms with Gasteiger partial charge < -0.3 is 0 Å². The molecule has 0 fully saturated rings. The van der Waals surface area contributed by atoms with Gasteiger partial charge in [-0.3, -0.25) is 0 Å². The van der Waals surface area contributed by atoms with Crippen molar-refractivity contribution < 1.29 is 0 Å². The van der Waals surface area contributed by atoms with Crippen LogP contribution < -0.4 is 0 Å². The van der Waals surface area contributed by atoms with Crippen LogP contribution in [0.3, 0.4) is 0 Å². The lowest BCUT2D eigenvalue weighted by molar-refractivity contribution is 1.32. The van der Waals surface area contributed by atoms with Crippen molar-refractivity contribution in [1.29, 1.82) is 0 Å². The molecule has 1 aromatic rings. The smallest absolute Gasteiger partial charge is 0.0346 e. The number of terminal acetylenes is 1. The zero-order chi connectivity index (χ0) is 12.0. The van der Waals surface area contributed by atoms with Crippen molar-refractivity contribution in [1.82, 2.24) is 0 Å². The van der Waals surface area contributed by atoms with Crippen LogP contribution in [0.15, 0.2) is 42.0 Å². The third-order valence-corrected chi connectivity index (χ3v) is 2.64.